The third kappa shape index (κ3) is 5.87. The molecule has 0 aromatic heterocycles. The Balaban J connectivity index is 2.07. The molecule has 1 N–H and O–H groups in total. The molecular formula is C25H20ClIN2O2. The molecule has 3 rings (SSSR count). The minimum absolute atomic E-state index is 0.308. The van der Waals surface area contributed by atoms with Gasteiger partial charge in [-0.2, -0.15) is 0 Å². The summed E-state index contributed by atoms with van der Waals surface area (Å²) in [5.41, 5.74) is 2.17. The summed E-state index contributed by atoms with van der Waals surface area (Å²) in [4.78, 5) is 28.0. The fourth-order valence-electron chi connectivity index (χ4n) is 3.14. The summed E-state index contributed by atoms with van der Waals surface area (Å²) >= 11 is 8.36. The highest BCUT2D eigenvalue weighted by Gasteiger charge is 2.33. The van der Waals surface area contributed by atoms with E-state index in [9.17, 15) is 9.59 Å². The Bertz CT molecular complexity index is 1120. The lowest BCUT2D eigenvalue weighted by Gasteiger charge is -2.31. The van der Waals surface area contributed by atoms with Crippen molar-refractivity contribution in [2.75, 3.05) is 4.90 Å². The van der Waals surface area contributed by atoms with E-state index in [1.54, 1.807) is 19.1 Å². The predicted molar refractivity (Wildman–Crippen MR) is 133 cm³/mol. The molecule has 0 aliphatic rings. The molecule has 156 valence electrons. The Labute approximate surface area is 200 Å². The van der Waals surface area contributed by atoms with Gasteiger partial charge in [0.25, 0.3) is 0 Å². The molecule has 0 saturated carbocycles. The zero-order chi connectivity index (χ0) is 22.2. The summed E-state index contributed by atoms with van der Waals surface area (Å²) in [6.45, 7) is 1.93. The number of hydrogen-bond donors (Lipinski definition) is 1. The van der Waals surface area contributed by atoms with E-state index in [1.165, 1.54) is 4.90 Å². The van der Waals surface area contributed by atoms with Gasteiger partial charge in [-0.15, -0.1) is 0 Å². The van der Waals surface area contributed by atoms with E-state index in [0.717, 1.165) is 9.13 Å². The fourth-order valence-corrected chi connectivity index (χ4v) is 3.90. The number of carbonyl (C=O) groups is 2. The molecule has 1 unspecified atom stereocenters. The monoisotopic (exact) mass is 542 g/mol. The van der Waals surface area contributed by atoms with Crippen LogP contribution >= 0.6 is 34.2 Å². The average molecular weight is 543 g/mol. The Morgan fingerprint density at radius 1 is 1.03 bits per heavy atom. The van der Waals surface area contributed by atoms with E-state index < -0.39 is 11.9 Å². The number of anilines is 1. The van der Waals surface area contributed by atoms with Crippen molar-refractivity contribution in [1.29, 1.82) is 0 Å². The van der Waals surface area contributed by atoms with Crippen molar-refractivity contribution in [3.8, 4) is 11.8 Å². The fraction of sp³-hybridized carbons (Fsp3) is 0.120. The molecule has 0 fully saturated rings. The number of nitrogens with one attached hydrogen (secondary N) is 1. The molecule has 0 bridgehead atoms. The maximum Gasteiger partial charge on any atom is 0.303 e. The number of amides is 2. The van der Waals surface area contributed by atoms with Gasteiger partial charge in [0.05, 0.1) is 5.69 Å². The highest BCUT2D eigenvalue weighted by molar-refractivity contribution is 14.1. The maximum atomic E-state index is 13.4. The molecule has 0 heterocycles. The third-order valence-electron chi connectivity index (χ3n) is 4.55. The topological polar surface area (TPSA) is 49.4 Å². The van der Waals surface area contributed by atoms with Gasteiger partial charge in [-0.25, -0.2) is 0 Å². The average Bonchev–Trinajstić information content (AvgIpc) is 2.79. The number of rotatable bonds is 6. The van der Waals surface area contributed by atoms with Crippen LogP contribution in [0.1, 0.15) is 24.1 Å². The number of benzene rings is 3. The van der Waals surface area contributed by atoms with Crippen molar-refractivity contribution in [3.05, 3.63) is 98.6 Å². The lowest BCUT2D eigenvalue weighted by Crippen LogP contribution is -2.43. The van der Waals surface area contributed by atoms with Gasteiger partial charge < -0.3 is 5.32 Å². The summed E-state index contributed by atoms with van der Waals surface area (Å²) in [7, 11) is 0. The van der Waals surface area contributed by atoms with E-state index in [-0.39, 0.29) is 5.91 Å². The molecule has 3 aromatic rings. The van der Waals surface area contributed by atoms with Gasteiger partial charge in [0, 0.05) is 15.1 Å². The Morgan fingerprint density at radius 2 is 1.68 bits per heavy atom. The van der Waals surface area contributed by atoms with Crippen molar-refractivity contribution >= 4 is 51.7 Å². The van der Waals surface area contributed by atoms with Gasteiger partial charge in [0.15, 0.2) is 0 Å². The Morgan fingerprint density at radius 3 is 2.32 bits per heavy atom. The van der Waals surface area contributed by atoms with E-state index >= 15 is 0 Å². The van der Waals surface area contributed by atoms with E-state index in [0.29, 0.717) is 22.8 Å². The van der Waals surface area contributed by atoms with Crippen LogP contribution in [0.25, 0.3) is 0 Å². The van der Waals surface area contributed by atoms with Crippen molar-refractivity contribution in [3.63, 3.8) is 0 Å². The molecule has 2 amide bonds. The standard InChI is InChI=1S/C25H20ClIN2O2/c1-2-9-23(30)29(22-16-20(26)14-15-21(22)27)24(19-12-7-4-8-13-19)25(31)28-17-18-10-5-3-6-11-18/h3-8,10-16,24H,17H2,1H3,(H,28,31). The summed E-state index contributed by atoms with van der Waals surface area (Å²) in [5, 5.41) is 3.43. The van der Waals surface area contributed by atoms with Crippen LogP contribution in [-0.4, -0.2) is 11.8 Å². The zero-order valence-electron chi connectivity index (χ0n) is 16.8. The van der Waals surface area contributed by atoms with Crippen molar-refractivity contribution in [1.82, 2.24) is 5.32 Å². The number of hydrogen-bond acceptors (Lipinski definition) is 2. The second kappa shape index (κ2) is 11.0. The van der Waals surface area contributed by atoms with Gasteiger partial charge in [-0.05, 0) is 64.8 Å². The number of carbonyl (C=O) groups excluding carboxylic acids is 2. The smallest absolute Gasteiger partial charge is 0.303 e. The van der Waals surface area contributed by atoms with Crippen LogP contribution in [0.15, 0.2) is 78.9 Å². The van der Waals surface area contributed by atoms with Crippen LogP contribution in [0.2, 0.25) is 5.02 Å². The maximum absolute atomic E-state index is 13.4. The summed E-state index contributed by atoms with van der Waals surface area (Å²) in [6.07, 6.45) is 0. The zero-order valence-corrected chi connectivity index (χ0v) is 19.7. The highest BCUT2D eigenvalue weighted by Crippen LogP contribution is 2.33. The van der Waals surface area contributed by atoms with Crippen LogP contribution in [0.3, 0.4) is 0 Å². The second-order valence-corrected chi connectivity index (χ2v) is 8.26. The Hall–Kier alpha value is -2.82. The van der Waals surface area contributed by atoms with Gasteiger partial charge in [-0.3, -0.25) is 14.5 Å². The molecule has 6 heteroatoms. The van der Waals surface area contributed by atoms with E-state index in [1.807, 2.05) is 66.7 Å². The molecule has 1 atom stereocenters. The van der Waals surface area contributed by atoms with Crippen LogP contribution in [0.4, 0.5) is 5.69 Å². The normalized spacial score (nSPS) is 11.1. The van der Waals surface area contributed by atoms with Gasteiger partial charge in [0.1, 0.15) is 6.04 Å². The molecule has 0 radical (unpaired) electrons. The van der Waals surface area contributed by atoms with Crippen LogP contribution in [0, 0.1) is 15.4 Å². The first-order chi connectivity index (χ1) is 15.0. The first-order valence-electron chi connectivity index (χ1n) is 9.59. The number of nitrogens with zero attached hydrogens (tertiary/aromatic N) is 1. The van der Waals surface area contributed by atoms with E-state index in [2.05, 4.69) is 39.7 Å². The second-order valence-electron chi connectivity index (χ2n) is 6.66. The van der Waals surface area contributed by atoms with Crippen molar-refractivity contribution in [2.24, 2.45) is 0 Å². The molecule has 4 nitrogen and oxygen atoms in total. The highest BCUT2D eigenvalue weighted by atomic mass is 127. The van der Waals surface area contributed by atoms with Gasteiger partial charge >= 0.3 is 5.91 Å². The first-order valence-corrected chi connectivity index (χ1v) is 11.0. The largest absolute Gasteiger partial charge is 0.350 e. The SMILES string of the molecule is CC#CC(=O)N(c1cc(Cl)ccc1I)C(C(=O)NCc1ccccc1)c1ccccc1. The number of halogens is 2. The molecule has 0 spiro atoms. The van der Waals surface area contributed by atoms with Crippen LogP contribution in [-0.2, 0) is 16.1 Å². The van der Waals surface area contributed by atoms with Crippen LogP contribution < -0.4 is 10.2 Å². The third-order valence-corrected chi connectivity index (χ3v) is 5.70. The van der Waals surface area contributed by atoms with E-state index in [4.69, 9.17) is 11.6 Å². The molecule has 3 aromatic carbocycles. The summed E-state index contributed by atoms with van der Waals surface area (Å²) < 4.78 is 0.782. The quantitative estimate of drug-likeness (QED) is 0.337. The molecule has 0 saturated heterocycles. The lowest BCUT2D eigenvalue weighted by molar-refractivity contribution is -0.125. The summed E-state index contributed by atoms with van der Waals surface area (Å²) in [6, 6.07) is 23.1. The molecular weight excluding hydrogens is 523 g/mol. The lowest BCUT2D eigenvalue weighted by atomic mass is 10.0. The minimum atomic E-state index is -0.912. The van der Waals surface area contributed by atoms with Gasteiger partial charge in [-0.1, -0.05) is 78.2 Å². The van der Waals surface area contributed by atoms with Crippen molar-refractivity contribution in [2.45, 2.75) is 19.5 Å². The van der Waals surface area contributed by atoms with Crippen LogP contribution in [0.5, 0.6) is 0 Å². The Kier molecular flexibility index (Phi) is 8.10. The minimum Gasteiger partial charge on any atom is -0.350 e. The first kappa shape index (κ1) is 22.9. The predicted octanol–water partition coefficient (Wildman–Crippen LogP) is 5.36. The van der Waals surface area contributed by atoms with Crippen molar-refractivity contribution < 1.29 is 9.59 Å². The van der Waals surface area contributed by atoms with Gasteiger partial charge in [0.2, 0.25) is 5.91 Å². The molecule has 0 aliphatic carbocycles. The molecule has 31 heavy (non-hydrogen) atoms. The summed E-state index contributed by atoms with van der Waals surface area (Å²) in [5.74, 6) is 4.44. The molecule has 0 aliphatic heterocycles.